The molecule has 0 saturated heterocycles. The third kappa shape index (κ3) is 2.99. The van der Waals surface area contributed by atoms with Crippen LogP contribution in [-0.4, -0.2) is 14.1 Å². The zero-order valence-corrected chi connectivity index (χ0v) is 20.6. The fourth-order valence-corrected chi connectivity index (χ4v) is 6.01. The first-order chi connectivity index (χ1) is 18.9. The van der Waals surface area contributed by atoms with Gasteiger partial charge in [0.25, 0.3) is 0 Å². The third-order valence-corrected chi connectivity index (χ3v) is 7.60. The summed E-state index contributed by atoms with van der Waals surface area (Å²) >= 11 is 0. The molecular weight excluding hydrogens is 462 g/mol. The lowest BCUT2D eigenvalue weighted by Gasteiger charge is -2.10. The van der Waals surface area contributed by atoms with Crippen molar-refractivity contribution in [2.45, 2.75) is 0 Å². The standard InChI is InChI=1S/C35H23N3/c1-3-10-25(11-4-1)37-31-16-8-7-14-28(31)29-22-24(18-19-32(29)37)27-15-9-17-34-35(27)30-23-36-21-20-33(30)38(34)26-12-5-2-6-13-26/h1-23H. The van der Waals surface area contributed by atoms with E-state index in [9.17, 15) is 0 Å². The SMILES string of the molecule is c1ccc(-n2c3ccccc3c3cc(-c4cccc5c4c4cnccc4n5-c4ccccc4)ccc32)cc1. The number of pyridine rings is 1. The van der Waals surface area contributed by atoms with Gasteiger partial charge in [-0.15, -0.1) is 0 Å². The van der Waals surface area contributed by atoms with E-state index < -0.39 is 0 Å². The van der Waals surface area contributed by atoms with Crippen LogP contribution in [0.15, 0.2) is 140 Å². The number of fused-ring (bicyclic) bond motifs is 6. The minimum Gasteiger partial charge on any atom is -0.309 e. The highest BCUT2D eigenvalue weighted by Crippen LogP contribution is 2.40. The van der Waals surface area contributed by atoms with Crippen molar-refractivity contribution < 1.29 is 0 Å². The second-order valence-electron chi connectivity index (χ2n) is 9.68. The van der Waals surface area contributed by atoms with Crippen LogP contribution in [0.1, 0.15) is 0 Å². The Labute approximate surface area is 219 Å². The van der Waals surface area contributed by atoms with E-state index in [1.807, 2.05) is 12.4 Å². The predicted octanol–water partition coefficient (Wildman–Crippen LogP) is 8.94. The molecular formula is C35H23N3. The van der Waals surface area contributed by atoms with E-state index in [0.717, 1.165) is 16.6 Å². The minimum atomic E-state index is 1.15. The molecule has 8 rings (SSSR count). The predicted molar refractivity (Wildman–Crippen MR) is 158 cm³/mol. The number of aromatic nitrogens is 3. The van der Waals surface area contributed by atoms with Gasteiger partial charge in [-0.1, -0.05) is 72.8 Å². The zero-order chi connectivity index (χ0) is 25.1. The number of rotatable bonds is 3. The average molecular weight is 486 g/mol. The molecule has 3 aromatic heterocycles. The van der Waals surface area contributed by atoms with Crippen molar-refractivity contribution in [3.8, 4) is 22.5 Å². The van der Waals surface area contributed by atoms with Crippen molar-refractivity contribution in [3.63, 3.8) is 0 Å². The van der Waals surface area contributed by atoms with Crippen molar-refractivity contribution in [1.29, 1.82) is 0 Å². The summed E-state index contributed by atoms with van der Waals surface area (Å²) in [5.41, 5.74) is 9.51. The van der Waals surface area contributed by atoms with Crippen LogP contribution in [0.5, 0.6) is 0 Å². The number of hydrogen-bond acceptors (Lipinski definition) is 1. The molecule has 0 aliphatic heterocycles. The molecule has 0 aliphatic carbocycles. The van der Waals surface area contributed by atoms with Gasteiger partial charge in [0.15, 0.2) is 0 Å². The van der Waals surface area contributed by atoms with Crippen molar-refractivity contribution >= 4 is 43.6 Å². The molecule has 3 heteroatoms. The molecule has 3 heterocycles. The summed E-state index contributed by atoms with van der Waals surface area (Å²) in [6.45, 7) is 0. The highest BCUT2D eigenvalue weighted by Gasteiger charge is 2.18. The molecule has 38 heavy (non-hydrogen) atoms. The topological polar surface area (TPSA) is 22.8 Å². The number of benzene rings is 5. The lowest BCUT2D eigenvalue weighted by molar-refractivity contribution is 1.17. The van der Waals surface area contributed by atoms with Gasteiger partial charge in [-0.2, -0.15) is 0 Å². The van der Waals surface area contributed by atoms with Gasteiger partial charge in [0, 0.05) is 45.3 Å². The fourth-order valence-electron chi connectivity index (χ4n) is 6.01. The number of hydrogen-bond donors (Lipinski definition) is 0. The van der Waals surface area contributed by atoms with Gasteiger partial charge in [0.2, 0.25) is 0 Å². The Morgan fingerprint density at radius 3 is 1.87 bits per heavy atom. The van der Waals surface area contributed by atoms with Crippen molar-refractivity contribution in [2.75, 3.05) is 0 Å². The lowest BCUT2D eigenvalue weighted by Crippen LogP contribution is -1.93. The second-order valence-corrected chi connectivity index (χ2v) is 9.68. The maximum Gasteiger partial charge on any atom is 0.0572 e. The molecule has 0 atom stereocenters. The minimum absolute atomic E-state index is 1.15. The number of para-hydroxylation sites is 3. The van der Waals surface area contributed by atoms with Crippen molar-refractivity contribution in [2.24, 2.45) is 0 Å². The van der Waals surface area contributed by atoms with Crippen LogP contribution in [0.2, 0.25) is 0 Å². The van der Waals surface area contributed by atoms with Crippen LogP contribution in [-0.2, 0) is 0 Å². The van der Waals surface area contributed by atoms with Gasteiger partial charge in [-0.25, -0.2) is 0 Å². The van der Waals surface area contributed by atoms with E-state index in [0.29, 0.717) is 0 Å². The molecule has 3 nitrogen and oxygen atoms in total. The Kier molecular flexibility index (Phi) is 4.52. The first-order valence-electron chi connectivity index (χ1n) is 12.9. The Bertz CT molecular complexity index is 2120. The van der Waals surface area contributed by atoms with E-state index in [2.05, 4.69) is 142 Å². The molecule has 0 aliphatic rings. The monoisotopic (exact) mass is 485 g/mol. The summed E-state index contributed by atoms with van der Waals surface area (Å²) in [6.07, 6.45) is 3.88. The van der Waals surface area contributed by atoms with Crippen LogP contribution in [0, 0.1) is 0 Å². The van der Waals surface area contributed by atoms with E-state index >= 15 is 0 Å². The molecule has 0 N–H and O–H groups in total. The largest absolute Gasteiger partial charge is 0.309 e. The molecule has 0 spiro atoms. The first-order valence-corrected chi connectivity index (χ1v) is 12.9. The number of nitrogens with zero attached hydrogens (tertiary/aromatic N) is 3. The molecule has 5 aromatic carbocycles. The molecule has 0 bridgehead atoms. The summed E-state index contributed by atoms with van der Waals surface area (Å²) in [6, 6.07) is 45.5. The Morgan fingerprint density at radius 1 is 0.447 bits per heavy atom. The Hall–Kier alpha value is -5.15. The average Bonchev–Trinajstić information content (AvgIpc) is 3.51. The highest BCUT2D eigenvalue weighted by atomic mass is 15.0. The lowest BCUT2D eigenvalue weighted by atomic mass is 9.98. The van der Waals surface area contributed by atoms with Crippen LogP contribution in [0.4, 0.5) is 0 Å². The third-order valence-electron chi connectivity index (χ3n) is 7.60. The van der Waals surface area contributed by atoms with Gasteiger partial charge >= 0.3 is 0 Å². The van der Waals surface area contributed by atoms with Gasteiger partial charge < -0.3 is 9.13 Å². The first kappa shape index (κ1) is 21.0. The van der Waals surface area contributed by atoms with E-state index in [-0.39, 0.29) is 0 Å². The smallest absolute Gasteiger partial charge is 0.0572 e. The van der Waals surface area contributed by atoms with E-state index in [1.54, 1.807) is 0 Å². The highest BCUT2D eigenvalue weighted by molar-refractivity contribution is 6.17. The van der Waals surface area contributed by atoms with Gasteiger partial charge in [0.1, 0.15) is 0 Å². The fraction of sp³-hybridized carbons (Fsp3) is 0. The molecule has 0 radical (unpaired) electrons. The summed E-state index contributed by atoms with van der Waals surface area (Å²) in [5, 5.41) is 4.90. The molecule has 0 amide bonds. The second kappa shape index (κ2) is 8.19. The molecule has 0 fully saturated rings. The molecule has 0 saturated carbocycles. The van der Waals surface area contributed by atoms with E-state index in [4.69, 9.17) is 0 Å². The van der Waals surface area contributed by atoms with Gasteiger partial charge in [0.05, 0.1) is 22.1 Å². The zero-order valence-electron chi connectivity index (χ0n) is 20.6. The maximum absolute atomic E-state index is 4.52. The van der Waals surface area contributed by atoms with Crippen LogP contribution < -0.4 is 0 Å². The summed E-state index contributed by atoms with van der Waals surface area (Å²) in [5.74, 6) is 0. The molecule has 0 unspecified atom stereocenters. The van der Waals surface area contributed by atoms with Gasteiger partial charge in [-0.3, -0.25) is 4.98 Å². The van der Waals surface area contributed by atoms with Crippen molar-refractivity contribution in [1.82, 2.24) is 14.1 Å². The van der Waals surface area contributed by atoms with Crippen molar-refractivity contribution in [3.05, 3.63) is 140 Å². The van der Waals surface area contributed by atoms with E-state index in [1.165, 1.54) is 49.5 Å². The van der Waals surface area contributed by atoms with Gasteiger partial charge in [-0.05, 0) is 65.7 Å². The summed E-state index contributed by atoms with van der Waals surface area (Å²) in [4.78, 5) is 4.52. The summed E-state index contributed by atoms with van der Waals surface area (Å²) < 4.78 is 4.70. The molecule has 178 valence electrons. The van der Waals surface area contributed by atoms with Crippen LogP contribution in [0.25, 0.3) is 66.1 Å². The molecule has 8 aromatic rings. The Morgan fingerprint density at radius 2 is 1.08 bits per heavy atom. The normalized spacial score (nSPS) is 11.7. The van der Waals surface area contributed by atoms with Crippen LogP contribution in [0.3, 0.4) is 0 Å². The summed E-state index contributed by atoms with van der Waals surface area (Å²) in [7, 11) is 0. The Balaban J connectivity index is 1.44. The quantitative estimate of drug-likeness (QED) is 0.245. The van der Waals surface area contributed by atoms with Crippen LogP contribution >= 0.6 is 0 Å². The maximum atomic E-state index is 4.52.